The first-order chi connectivity index (χ1) is 16.5. The van der Waals surface area contributed by atoms with Crippen LogP contribution < -0.4 is 5.32 Å². The van der Waals surface area contributed by atoms with E-state index >= 15 is 0 Å². The van der Waals surface area contributed by atoms with Crippen LogP contribution in [0.2, 0.25) is 0 Å². The van der Waals surface area contributed by atoms with E-state index in [-0.39, 0.29) is 0 Å². The summed E-state index contributed by atoms with van der Waals surface area (Å²) in [5.74, 6) is 0.751. The molecule has 0 atom stereocenters. The van der Waals surface area contributed by atoms with E-state index in [0.29, 0.717) is 6.04 Å². The van der Waals surface area contributed by atoms with E-state index in [1.54, 1.807) is 0 Å². The highest BCUT2D eigenvalue weighted by Crippen LogP contribution is 2.29. The van der Waals surface area contributed by atoms with E-state index in [9.17, 15) is 0 Å². The number of benzene rings is 3. The average molecular weight is 451 g/mol. The predicted octanol–water partition coefficient (Wildman–Crippen LogP) is 6.61. The molecule has 0 saturated carbocycles. The van der Waals surface area contributed by atoms with Gasteiger partial charge in [-0.2, -0.15) is 0 Å². The smallest absolute Gasteiger partial charge is 0.223 e. The Hall–Kier alpha value is -3.24. The van der Waals surface area contributed by atoms with Gasteiger partial charge in [-0.05, 0) is 80.5 Å². The van der Waals surface area contributed by atoms with Crippen LogP contribution in [-0.4, -0.2) is 34.0 Å². The summed E-state index contributed by atoms with van der Waals surface area (Å²) in [4.78, 5) is 12.2. The van der Waals surface area contributed by atoms with Crippen LogP contribution in [0.5, 0.6) is 0 Å². The number of fused-ring (bicyclic) bond motifs is 1. The van der Waals surface area contributed by atoms with Gasteiger partial charge in [0.1, 0.15) is 0 Å². The second kappa shape index (κ2) is 9.55. The average Bonchev–Trinajstić information content (AvgIpc) is 2.83. The van der Waals surface area contributed by atoms with Gasteiger partial charge in [-0.15, -0.1) is 0 Å². The lowest BCUT2D eigenvalue weighted by Crippen LogP contribution is -2.39. The van der Waals surface area contributed by atoms with E-state index in [2.05, 4.69) is 98.6 Å². The summed E-state index contributed by atoms with van der Waals surface area (Å²) in [7, 11) is 0. The van der Waals surface area contributed by atoms with Crippen molar-refractivity contribution >= 4 is 16.9 Å². The number of aryl methyl sites for hydroxylation is 3. The van der Waals surface area contributed by atoms with Gasteiger partial charge in [-0.25, -0.2) is 9.97 Å². The van der Waals surface area contributed by atoms with Gasteiger partial charge in [-0.3, -0.25) is 4.90 Å². The van der Waals surface area contributed by atoms with Crippen LogP contribution in [0.15, 0.2) is 60.7 Å². The van der Waals surface area contributed by atoms with E-state index in [1.807, 2.05) is 0 Å². The lowest BCUT2D eigenvalue weighted by molar-refractivity contribution is 0.211. The van der Waals surface area contributed by atoms with Crippen LogP contribution in [-0.2, 0) is 6.54 Å². The zero-order valence-corrected chi connectivity index (χ0v) is 20.7. The predicted molar refractivity (Wildman–Crippen MR) is 142 cm³/mol. The molecule has 3 aromatic carbocycles. The van der Waals surface area contributed by atoms with Crippen LogP contribution in [0.25, 0.3) is 22.0 Å². The summed E-state index contributed by atoms with van der Waals surface area (Å²) in [5, 5.41) is 4.74. The Labute approximate surface area is 203 Å². The summed E-state index contributed by atoms with van der Waals surface area (Å²) >= 11 is 0. The molecule has 174 valence electrons. The first-order valence-electron chi connectivity index (χ1n) is 12.4. The number of aromatic nitrogens is 2. The van der Waals surface area contributed by atoms with Crippen LogP contribution in [0.3, 0.4) is 0 Å². The molecule has 0 radical (unpaired) electrons. The molecule has 2 heterocycles. The molecule has 1 aromatic heterocycles. The molecule has 4 nitrogen and oxygen atoms in total. The van der Waals surface area contributed by atoms with Gasteiger partial charge in [0.2, 0.25) is 5.95 Å². The Morgan fingerprint density at radius 1 is 0.882 bits per heavy atom. The molecule has 4 heteroatoms. The van der Waals surface area contributed by atoms with Gasteiger partial charge >= 0.3 is 0 Å². The topological polar surface area (TPSA) is 41.0 Å². The molecule has 1 saturated heterocycles. The molecule has 0 bridgehead atoms. The van der Waals surface area contributed by atoms with E-state index in [0.717, 1.165) is 55.0 Å². The number of rotatable bonds is 5. The number of piperidine rings is 1. The Balaban J connectivity index is 1.27. The third-order valence-corrected chi connectivity index (χ3v) is 7.25. The fourth-order valence-electron chi connectivity index (χ4n) is 4.95. The number of anilines is 1. The highest BCUT2D eigenvalue weighted by Gasteiger charge is 2.20. The fourth-order valence-corrected chi connectivity index (χ4v) is 4.95. The minimum absolute atomic E-state index is 0.417. The maximum absolute atomic E-state index is 4.86. The van der Waals surface area contributed by atoms with Crippen LogP contribution in [0.4, 0.5) is 5.95 Å². The van der Waals surface area contributed by atoms with Crippen molar-refractivity contribution in [3.63, 3.8) is 0 Å². The maximum Gasteiger partial charge on any atom is 0.223 e. The molecule has 1 aliphatic rings. The second-order valence-electron chi connectivity index (χ2n) is 9.79. The number of nitrogens with one attached hydrogen (secondary N) is 1. The quantitative estimate of drug-likeness (QED) is 0.372. The maximum atomic E-state index is 4.86. The molecule has 34 heavy (non-hydrogen) atoms. The molecule has 0 amide bonds. The third-order valence-electron chi connectivity index (χ3n) is 7.25. The third kappa shape index (κ3) is 4.83. The Bertz CT molecular complexity index is 1300. The normalized spacial score (nSPS) is 15.1. The van der Waals surface area contributed by atoms with Crippen LogP contribution in [0.1, 0.15) is 40.8 Å². The van der Waals surface area contributed by atoms with Crippen molar-refractivity contribution in [1.29, 1.82) is 0 Å². The lowest BCUT2D eigenvalue weighted by Gasteiger charge is -2.32. The van der Waals surface area contributed by atoms with Crippen molar-refractivity contribution in [2.24, 2.45) is 0 Å². The van der Waals surface area contributed by atoms with Crippen molar-refractivity contribution in [2.45, 2.75) is 53.1 Å². The number of nitrogens with zero attached hydrogens (tertiary/aromatic N) is 3. The Kier molecular flexibility index (Phi) is 6.34. The summed E-state index contributed by atoms with van der Waals surface area (Å²) in [6.45, 7) is 11.8. The Morgan fingerprint density at radius 3 is 2.41 bits per heavy atom. The summed E-state index contributed by atoms with van der Waals surface area (Å²) in [6.07, 6.45) is 2.22. The van der Waals surface area contributed by atoms with E-state index in [1.165, 1.54) is 33.4 Å². The van der Waals surface area contributed by atoms with Crippen LogP contribution in [0, 0.1) is 27.7 Å². The number of hydrogen-bond donors (Lipinski definition) is 1. The van der Waals surface area contributed by atoms with Gasteiger partial charge in [0, 0.05) is 31.1 Å². The largest absolute Gasteiger partial charge is 0.351 e. The highest BCUT2D eigenvalue weighted by atomic mass is 15.2. The summed E-state index contributed by atoms with van der Waals surface area (Å²) in [6, 6.07) is 22.4. The van der Waals surface area contributed by atoms with Gasteiger partial charge in [-0.1, -0.05) is 54.1 Å². The molecule has 5 rings (SSSR count). The molecule has 0 unspecified atom stereocenters. The standard InChI is InChI=1S/C30H34N4/c1-20-8-10-24(11-9-20)19-34-16-14-26(15-17-34)32-30-31-23(4)28-18-25(12-13-29(28)33-30)27-7-5-6-21(2)22(27)3/h5-13,18,26H,14-17,19H2,1-4H3,(H,31,32,33). The van der Waals surface area contributed by atoms with Crippen molar-refractivity contribution in [2.75, 3.05) is 18.4 Å². The van der Waals surface area contributed by atoms with Crippen LogP contribution >= 0.6 is 0 Å². The monoisotopic (exact) mass is 450 g/mol. The van der Waals surface area contributed by atoms with Gasteiger partial charge in [0.15, 0.2) is 0 Å². The molecule has 1 fully saturated rings. The van der Waals surface area contributed by atoms with Crippen molar-refractivity contribution < 1.29 is 0 Å². The van der Waals surface area contributed by atoms with Crippen molar-refractivity contribution in [3.8, 4) is 11.1 Å². The molecular formula is C30H34N4. The molecule has 0 spiro atoms. The SMILES string of the molecule is Cc1ccc(CN2CCC(Nc3nc(C)c4cc(-c5cccc(C)c5C)ccc4n3)CC2)cc1. The first kappa shape index (κ1) is 22.5. The summed E-state index contributed by atoms with van der Waals surface area (Å²) in [5.41, 5.74) is 9.88. The first-order valence-corrected chi connectivity index (χ1v) is 12.4. The van der Waals surface area contributed by atoms with E-state index in [4.69, 9.17) is 9.97 Å². The highest BCUT2D eigenvalue weighted by molar-refractivity contribution is 5.87. The summed E-state index contributed by atoms with van der Waals surface area (Å²) < 4.78 is 0. The molecule has 1 N–H and O–H groups in total. The van der Waals surface area contributed by atoms with Crippen molar-refractivity contribution in [1.82, 2.24) is 14.9 Å². The zero-order valence-electron chi connectivity index (χ0n) is 20.7. The zero-order chi connectivity index (χ0) is 23.7. The number of likely N-dealkylation sites (tertiary alicyclic amines) is 1. The molecule has 1 aliphatic heterocycles. The van der Waals surface area contributed by atoms with Crippen molar-refractivity contribution in [3.05, 3.63) is 88.6 Å². The molecule has 4 aromatic rings. The minimum Gasteiger partial charge on any atom is -0.351 e. The van der Waals surface area contributed by atoms with E-state index < -0.39 is 0 Å². The van der Waals surface area contributed by atoms with Gasteiger partial charge in [0.25, 0.3) is 0 Å². The number of hydrogen-bond acceptors (Lipinski definition) is 4. The lowest BCUT2D eigenvalue weighted by atomic mass is 9.96. The van der Waals surface area contributed by atoms with Gasteiger partial charge < -0.3 is 5.32 Å². The Morgan fingerprint density at radius 2 is 1.65 bits per heavy atom. The molecule has 0 aliphatic carbocycles. The molecular weight excluding hydrogens is 416 g/mol. The fraction of sp³-hybridized carbons (Fsp3) is 0.333. The second-order valence-corrected chi connectivity index (χ2v) is 9.79. The van der Waals surface area contributed by atoms with Gasteiger partial charge in [0.05, 0.1) is 11.2 Å². The minimum atomic E-state index is 0.417.